The summed E-state index contributed by atoms with van der Waals surface area (Å²) in [6.45, 7) is 0.298. The van der Waals surface area contributed by atoms with Crippen LogP contribution in [0.5, 0.6) is 0 Å². The molecule has 0 atom stereocenters. The topological polar surface area (TPSA) is 95.9 Å². The Morgan fingerprint density at radius 3 is 2.94 bits per heavy atom. The van der Waals surface area contributed by atoms with Crippen molar-refractivity contribution in [1.29, 1.82) is 0 Å². The lowest BCUT2D eigenvalue weighted by Gasteiger charge is -2.04. The molecule has 18 heavy (non-hydrogen) atoms. The number of hydrogen-bond acceptors (Lipinski definition) is 6. The van der Waals surface area contributed by atoms with Crippen LogP contribution in [0.25, 0.3) is 0 Å². The average Bonchev–Trinajstić information content (AvgIpc) is 2.76. The lowest BCUT2D eigenvalue weighted by Crippen LogP contribution is -2.15. The van der Waals surface area contributed by atoms with Crippen molar-refractivity contribution in [2.24, 2.45) is 0 Å². The maximum atomic E-state index is 11.4. The number of carbonyl (C=O) groups excluding carboxylic acids is 1. The first-order valence-electron chi connectivity index (χ1n) is 5.44. The normalized spacial score (nSPS) is 10.2. The maximum absolute atomic E-state index is 11.4. The molecule has 0 spiro atoms. The fraction of sp³-hybridized carbons (Fsp3) is 0.273. The lowest BCUT2D eigenvalue weighted by atomic mass is 10.3. The summed E-state index contributed by atoms with van der Waals surface area (Å²) in [4.78, 5) is 19.3. The van der Waals surface area contributed by atoms with E-state index in [2.05, 4.69) is 15.1 Å². The number of aromatic nitrogens is 4. The molecule has 0 saturated carbocycles. The Kier molecular flexibility index (Phi) is 3.85. The molecular formula is C11H13N5O2. The highest BCUT2D eigenvalue weighted by molar-refractivity contribution is 5.69. The number of pyridine rings is 1. The van der Waals surface area contributed by atoms with Crippen LogP contribution in [0, 0.1) is 0 Å². The monoisotopic (exact) mass is 247 g/mol. The summed E-state index contributed by atoms with van der Waals surface area (Å²) in [6.07, 6.45) is 3.68. The molecule has 2 aromatic heterocycles. The van der Waals surface area contributed by atoms with E-state index in [-0.39, 0.29) is 18.5 Å². The smallest absolute Gasteiger partial charge is 0.327 e. The van der Waals surface area contributed by atoms with Crippen LogP contribution in [0.3, 0.4) is 0 Å². The average molecular weight is 247 g/mol. The Balaban J connectivity index is 1.72. The number of nitrogens with zero attached hydrogens (tertiary/aromatic N) is 4. The Morgan fingerprint density at radius 1 is 1.39 bits per heavy atom. The summed E-state index contributed by atoms with van der Waals surface area (Å²) in [5.41, 5.74) is 6.21. The van der Waals surface area contributed by atoms with Gasteiger partial charge in [0.25, 0.3) is 0 Å². The van der Waals surface area contributed by atoms with Crippen molar-refractivity contribution in [2.45, 2.75) is 13.0 Å². The van der Waals surface area contributed by atoms with Crippen molar-refractivity contribution < 1.29 is 9.53 Å². The molecule has 0 amide bonds. The van der Waals surface area contributed by atoms with Crippen molar-refractivity contribution in [3.05, 3.63) is 36.4 Å². The van der Waals surface area contributed by atoms with E-state index in [9.17, 15) is 4.79 Å². The van der Waals surface area contributed by atoms with Gasteiger partial charge in [0.2, 0.25) is 5.95 Å². The minimum absolute atomic E-state index is 0.00637. The van der Waals surface area contributed by atoms with Crippen LogP contribution in [0.1, 0.15) is 5.69 Å². The van der Waals surface area contributed by atoms with Crippen LogP contribution in [-0.2, 0) is 22.5 Å². The zero-order valence-corrected chi connectivity index (χ0v) is 9.69. The standard InChI is InChI=1S/C11H13N5O2/c12-11-14-8-16(15-11)7-10(17)18-6-4-9-3-1-2-5-13-9/h1-3,5,8H,4,6-7H2,(H2,12,15). The van der Waals surface area contributed by atoms with Gasteiger partial charge in [-0.1, -0.05) is 6.07 Å². The maximum Gasteiger partial charge on any atom is 0.327 e. The molecule has 0 radical (unpaired) electrons. The quantitative estimate of drug-likeness (QED) is 0.749. The predicted octanol–water partition coefficient (Wildman–Crippen LogP) is 0.0412. The third-order valence-corrected chi connectivity index (χ3v) is 2.19. The number of anilines is 1. The third-order valence-electron chi connectivity index (χ3n) is 2.19. The molecule has 0 aliphatic heterocycles. The first kappa shape index (κ1) is 12.0. The molecule has 0 aliphatic rings. The third kappa shape index (κ3) is 3.55. The molecule has 94 valence electrons. The lowest BCUT2D eigenvalue weighted by molar-refractivity contribution is -0.144. The highest BCUT2D eigenvalue weighted by Gasteiger charge is 2.06. The van der Waals surface area contributed by atoms with E-state index in [1.807, 2.05) is 18.2 Å². The van der Waals surface area contributed by atoms with Crippen molar-refractivity contribution in [1.82, 2.24) is 19.7 Å². The SMILES string of the molecule is Nc1ncn(CC(=O)OCCc2ccccn2)n1. The van der Waals surface area contributed by atoms with Gasteiger partial charge in [-0.15, -0.1) is 5.10 Å². The summed E-state index contributed by atoms with van der Waals surface area (Å²) in [5.74, 6) is -0.243. The van der Waals surface area contributed by atoms with Crippen LogP contribution in [0.4, 0.5) is 5.95 Å². The van der Waals surface area contributed by atoms with Gasteiger partial charge in [-0.25, -0.2) is 9.67 Å². The van der Waals surface area contributed by atoms with Gasteiger partial charge in [0.1, 0.15) is 12.9 Å². The molecule has 0 bridgehead atoms. The first-order valence-corrected chi connectivity index (χ1v) is 5.44. The fourth-order valence-electron chi connectivity index (χ4n) is 1.38. The molecule has 0 aliphatic carbocycles. The number of hydrogen-bond donors (Lipinski definition) is 1. The second-order valence-corrected chi connectivity index (χ2v) is 3.59. The van der Waals surface area contributed by atoms with E-state index in [0.717, 1.165) is 5.69 Å². The minimum atomic E-state index is -0.379. The van der Waals surface area contributed by atoms with Crippen molar-refractivity contribution >= 4 is 11.9 Å². The molecule has 0 fully saturated rings. The number of nitrogens with two attached hydrogens (primary N) is 1. The number of esters is 1. The molecular weight excluding hydrogens is 234 g/mol. The van der Waals surface area contributed by atoms with Gasteiger partial charge >= 0.3 is 5.97 Å². The zero-order valence-electron chi connectivity index (χ0n) is 9.69. The zero-order chi connectivity index (χ0) is 12.8. The van der Waals surface area contributed by atoms with E-state index < -0.39 is 0 Å². The van der Waals surface area contributed by atoms with E-state index in [0.29, 0.717) is 13.0 Å². The molecule has 2 rings (SSSR count). The summed E-state index contributed by atoms with van der Waals surface area (Å²) in [5, 5.41) is 3.79. The van der Waals surface area contributed by atoms with Gasteiger partial charge in [0.05, 0.1) is 6.61 Å². The molecule has 7 nitrogen and oxygen atoms in total. The molecule has 0 saturated heterocycles. The van der Waals surface area contributed by atoms with Gasteiger partial charge in [0, 0.05) is 18.3 Å². The Morgan fingerprint density at radius 2 is 2.28 bits per heavy atom. The van der Waals surface area contributed by atoms with E-state index >= 15 is 0 Å². The molecule has 0 aromatic carbocycles. The second-order valence-electron chi connectivity index (χ2n) is 3.59. The van der Waals surface area contributed by atoms with Crippen molar-refractivity contribution in [3.63, 3.8) is 0 Å². The van der Waals surface area contributed by atoms with Gasteiger partial charge < -0.3 is 10.5 Å². The van der Waals surface area contributed by atoms with Crippen LogP contribution < -0.4 is 5.73 Å². The molecule has 7 heteroatoms. The summed E-state index contributed by atoms with van der Waals surface area (Å²) in [7, 11) is 0. The van der Waals surface area contributed by atoms with Crippen LogP contribution in [-0.4, -0.2) is 32.3 Å². The minimum Gasteiger partial charge on any atom is -0.464 e. The van der Waals surface area contributed by atoms with E-state index in [1.165, 1.54) is 11.0 Å². The highest BCUT2D eigenvalue weighted by atomic mass is 16.5. The largest absolute Gasteiger partial charge is 0.464 e. The number of nitrogen functional groups attached to an aromatic ring is 1. The summed E-state index contributed by atoms with van der Waals surface area (Å²) >= 11 is 0. The first-order chi connectivity index (χ1) is 8.74. The van der Waals surface area contributed by atoms with E-state index in [4.69, 9.17) is 10.5 Å². The fourth-order valence-corrected chi connectivity index (χ4v) is 1.38. The number of carbonyl (C=O) groups is 1. The number of ether oxygens (including phenoxy) is 1. The molecule has 2 N–H and O–H groups in total. The Bertz CT molecular complexity index is 511. The van der Waals surface area contributed by atoms with Gasteiger partial charge in [0.15, 0.2) is 0 Å². The number of rotatable bonds is 5. The van der Waals surface area contributed by atoms with Crippen LogP contribution >= 0.6 is 0 Å². The van der Waals surface area contributed by atoms with Crippen LogP contribution in [0.2, 0.25) is 0 Å². The van der Waals surface area contributed by atoms with Gasteiger partial charge in [-0.3, -0.25) is 9.78 Å². The second kappa shape index (κ2) is 5.76. The summed E-state index contributed by atoms with van der Waals surface area (Å²) in [6, 6.07) is 5.61. The molecule has 2 heterocycles. The van der Waals surface area contributed by atoms with Gasteiger partial charge in [-0.2, -0.15) is 0 Å². The highest BCUT2D eigenvalue weighted by Crippen LogP contribution is 1.96. The summed E-state index contributed by atoms with van der Waals surface area (Å²) < 4.78 is 6.38. The predicted molar refractivity (Wildman–Crippen MR) is 63.3 cm³/mol. The molecule has 0 unspecified atom stereocenters. The Hall–Kier alpha value is -2.44. The van der Waals surface area contributed by atoms with E-state index in [1.54, 1.807) is 6.20 Å². The van der Waals surface area contributed by atoms with Crippen molar-refractivity contribution in [3.8, 4) is 0 Å². The van der Waals surface area contributed by atoms with Crippen molar-refractivity contribution in [2.75, 3.05) is 12.3 Å². The molecule has 2 aromatic rings. The van der Waals surface area contributed by atoms with Gasteiger partial charge in [-0.05, 0) is 12.1 Å². The van der Waals surface area contributed by atoms with Crippen LogP contribution in [0.15, 0.2) is 30.7 Å². The Labute approximate surface area is 104 Å².